The molecular weight excluding hydrogens is 537 g/mol. The van der Waals surface area contributed by atoms with Gasteiger partial charge in [0.05, 0.1) is 51.6 Å². The molecular formula is C21H52O9Si5. The Kier molecular flexibility index (Phi) is 13.7. The van der Waals surface area contributed by atoms with Gasteiger partial charge in [-0.05, 0) is 72.4 Å². The zero-order valence-corrected chi connectivity index (χ0v) is 29.3. The molecule has 35 heavy (non-hydrogen) atoms. The van der Waals surface area contributed by atoms with E-state index in [9.17, 15) is 0 Å². The number of ether oxygens (including phenoxy) is 5. The van der Waals surface area contributed by atoms with E-state index in [4.69, 9.17) is 40.1 Å². The van der Waals surface area contributed by atoms with Crippen LogP contribution in [0.15, 0.2) is 0 Å². The molecule has 1 fully saturated rings. The zero-order chi connectivity index (χ0) is 27.0. The molecule has 0 aromatic rings. The third-order valence-corrected chi connectivity index (χ3v) is 21.7. The van der Waals surface area contributed by atoms with Gasteiger partial charge in [-0.1, -0.05) is 0 Å². The molecule has 0 aliphatic carbocycles. The summed E-state index contributed by atoms with van der Waals surface area (Å²) in [7, 11) is -10.1. The Morgan fingerprint density at radius 2 is 1.23 bits per heavy atom. The van der Waals surface area contributed by atoms with E-state index in [0.29, 0.717) is 38.9 Å². The summed E-state index contributed by atoms with van der Waals surface area (Å²) < 4.78 is 55.1. The lowest BCUT2D eigenvalue weighted by Crippen LogP contribution is -2.63. The molecule has 0 bridgehead atoms. The van der Waals surface area contributed by atoms with Crippen LogP contribution >= 0.6 is 0 Å². The van der Waals surface area contributed by atoms with Crippen LogP contribution in [-0.4, -0.2) is 107 Å². The van der Waals surface area contributed by atoms with Crippen molar-refractivity contribution in [1.29, 1.82) is 0 Å². The van der Waals surface area contributed by atoms with Crippen LogP contribution in [0.1, 0.15) is 6.92 Å². The topological polar surface area (TPSA) is 86.4 Å². The maximum atomic E-state index is 6.90. The van der Waals surface area contributed by atoms with Crippen LogP contribution in [0.4, 0.5) is 0 Å². The minimum atomic E-state index is -2.84. The first kappa shape index (κ1) is 33.8. The Labute approximate surface area is 219 Å². The molecule has 4 atom stereocenters. The minimum absolute atomic E-state index is 0.0593. The summed E-state index contributed by atoms with van der Waals surface area (Å²) in [4.78, 5) is 0. The van der Waals surface area contributed by atoms with Gasteiger partial charge in [-0.3, -0.25) is 0 Å². The minimum Gasteiger partial charge on any atom is -0.437 e. The van der Waals surface area contributed by atoms with Crippen LogP contribution in [0.3, 0.4) is 0 Å². The molecule has 14 heteroatoms. The maximum absolute atomic E-state index is 6.90. The van der Waals surface area contributed by atoms with Gasteiger partial charge < -0.3 is 40.1 Å². The van der Waals surface area contributed by atoms with E-state index in [-0.39, 0.29) is 12.2 Å². The van der Waals surface area contributed by atoms with Gasteiger partial charge in [0.25, 0.3) is 0 Å². The van der Waals surface area contributed by atoms with E-state index >= 15 is 0 Å². The summed E-state index contributed by atoms with van der Waals surface area (Å²) in [5, 5.41) is 0. The van der Waals surface area contributed by atoms with Crippen LogP contribution in [0.25, 0.3) is 0 Å². The Hall–Kier alpha value is 0.724. The number of epoxide rings is 1. The number of methoxy groups -OCH3 is 1. The van der Waals surface area contributed by atoms with Crippen molar-refractivity contribution < 1.29 is 40.1 Å². The normalized spacial score (nSPS) is 21.4. The van der Waals surface area contributed by atoms with Gasteiger partial charge in [0, 0.05) is 7.11 Å². The van der Waals surface area contributed by atoms with Crippen molar-refractivity contribution in [2.24, 2.45) is 0 Å². The molecule has 1 rings (SSSR count). The summed E-state index contributed by atoms with van der Waals surface area (Å²) in [5.41, 5.74) is 0. The van der Waals surface area contributed by atoms with Crippen molar-refractivity contribution in [3.05, 3.63) is 0 Å². The first-order valence-corrected chi connectivity index (χ1v) is 27.2. The van der Waals surface area contributed by atoms with Gasteiger partial charge in [0.15, 0.2) is 16.6 Å². The molecule has 1 aliphatic rings. The van der Waals surface area contributed by atoms with Crippen LogP contribution in [0.5, 0.6) is 0 Å². The lowest BCUT2D eigenvalue weighted by molar-refractivity contribution is -0.00348. The quantitative estimate of drug-likeness (QED) is 0.118. The number of hydrogen-bond donors (Lipinski definition) is 0. The second-order valence-electron chi connectivity index (χ2n) is 11.9. The van der Waals surface area contributed by atoms with Crippen molar-refractivity contribution >= 4 is 42.3 Å². The molecule has 1 saturated heterocycles. The van der Waals surface area contributed by atoms with Crippen LogP contribution in [0, 0.1) is 0 Å². The lowest BCUT2D eigenvalue weighted by atomic mass is 10.4. The average molecular weight is 589 g/mol. The molecule has 0 radical (unpaired) electrons. The SMILES string of the molecule is COC(C)COCCOC[Si](C)(O[Si](C)(C)C)O[Si](C)(COCC1CO1)O[Si](C)(C)O[Si](C)(C)C. The van der Waals surface area contributed by atoms with E-state index < -0.39 is 42.3 Å². The predicted octanol–water partition coefficient (Wildman–Crippen LogP) is 4.13. The molecule has 9 nitrogen and oxygen atoms in total. The highest BCUT2D eigenvalue weighted by atomic mass is 28.5. The van der Waals surface area contributed by atoms with Gasteiger partial charge >= 0.3 is 25.7 Å². The van der Waals surface area contributed by atoms with E-state index in [1.807, 2.05) is 6.92 Å². The molecule has 1 aliphatic heterocycles. The van der Waals surface area contributed by atoms with E-state index in [1.165, 1.54) is 0 Å². The third-order valence-electron chi connectivity index (χ3n) is 4.53. The summed E-state index contributed by atoms with van der Waals surface area (Å²) in [6.07, 6.45) is 1.04. The molecule has 0 amide bonds. The van der Waals surface area contributed by atoms with E-state index in [2.05, 4.69) is 65.5 Å². The Morgan fingerprint density at radius 1 is 0.714 bits per heavy atom. The van der Waals surface area contributed by atoms with E-state index in [0.717, 1.165) is 6.61 Å². The summed E-state index contributed by atoms with van der Waals surface area (Å²) in [6, 6.07) is 0. The van der Waals surface area contributed by atoms with Gasteiger partial charge in [-0.15, -0.1) is 0 Å². The first-order chi connectivity index (χ1) is 15.9. The third kappa shape index (κ3) is 17.0. The highest BCUT2D eigenvalue weighted by Crippen LogP contribution is 2.27. The highest BCUT2D eigenvalue weighted by Gasteiger charge is 2.50. The summed E-state index contributed by atoms with van der Waals surface area (Å²) in [5.74, 6) is 0. The van der Waals surface area contributed by atoms with Crippen molar-refractivity contribution in [2.75, 3.05) is 52.6 Å². The molecule has 0 aromatic heterocycles. The highest BCUT2D eigenvalue weighted by molar-refractivity contribution is 6.90. The standard InChI is InChI=1S/C21H52O9Si5/c1-20(22-2)15-23-13-14-24-18-34(11,28-32(6,7)8)30-35(12,19-25-16-21-17-26-21)29-33(9,10)27-31(3,4)5/h20-21H,13-19H2,1-12H3. The maximum Gasteiger partial charge on any atom is 0.344 e. The Balaban J connectivity index is 2.90. The average Bonchev–Trinajstić information content (AvgIpc) is 3.43. The van der Waals surface area contributed by atoms with Crippen molar-refractivity contribution in [3.8, 4) is 0 Å². The molecule has 0 N–H and O–H groups in total. The van der Waals surface area contributed by atoms with Gasteiger partial charge in [-0.25, -0.2) is 0 Å². The first-order valence-electron chi connectivity index (χ1n) is 12.5. The molecule has 0 spiro atoms. The monoisotopic (exact) mass is 588 g/mol. The molecule has 210 valence electrons. The molecule has 1 heterocycles. The predicted molar refractivity (Wildman–Crippen MR) is 150 cm³/mol. The van der Waals surface area contributed by atoms with Crippen LogP contribution in [0.2, 0.25) is 65.5 Å². The van der Waals surface area contributed by atoms with Gasteiger partial charge in [0.1, 0.15) is 6.10 Å². The van der Waals surface area contributed by atoms with Crippen LogP contribution < -0.4 is 0 Å². The Morgan fingerprint density at radius 3 is 1.74 bits per heavy atom. The van der Waals surface area contributed by atoms with Gasteiger partial charge in [-0.2, -0.15) is 0 Å². The lowest BCUT2D eigenvalue weighted by Gasteiger charge is -2.43. The van der Waals surface area contributed by atoms with Crippen molar-refractivity contribution in [1.82, 2.24) is 0 Å². The second-order valence-corrected chi connectivity index (χ2v) is 31.6. The Bertz CT molecular complexity index is 613. The fourth-order valence-corrected chi connectivity index (χ4v) is 26.2. The summed E-state index contributed by atoms with van der Waals surface area (Å²) >= 11 is 0. The fraction of sp³-hybridized carbons (Fsp3) is 1.00. The second kappa shape index (κ2) is 14.2. The van der Waals surface area contributed by atoms with Gasteiger partial charge in [0.2, 0.25) is 0 Å². The molecule has 0 saturated carbocycles. The van der Waals surface area contributed by atoms with Crippen LogP contribution in [-0.2, 0) is 40.1 Å². The fourth-order valence-electron chi connectivity index (χ4n) is 3.77. The largest absolute Gasteiger partial charge is 0.437 e. The number of rotatable bonds is 20. The molecule has 0 aromatic carbocycles. The number of hydrogen-bond acceptors (Lipinski definition) is 9. The van der Waals surface area contributed by atoms with E-state index in [1.54, 1.807) is 7.11 Å². The summed E-state index contributed by atoms with van der Waals surface area (Å²) in [6.45, 7) is 26.2. The molecule has 4 unspecified atom stereocenters. The smallest absolute Gasteiger partial charge is 0.344 e. The zero-order valence-electron chi connectivity index (χ0n) is 24.3. The van der Waals surface area contributed by atoms with Crippen molar-refractivity contribution in [3.63, 3.8) is 0 Å². The van der Waals surface area contributed by atoms with Crippen molar-refractivity contribution in [2.45, 2.75) is 84.6 Å².